The first-order valence-electron chi connectivity index (χ1n) is 10.0. The van der Waals surface area contributed by atoms with Gasteiger partial charge >= 0.3 is 0 Å². The van der Waals surface area contributed by atoms with Crippen molar-refractivity contribution >= 4 is 29.2 Å². The van der Waals surface area contributed by atoms with Crippen molar-refractivity contribution in [1.29, 1.82) is 0 Å². The number of carbonyl (C=O) groups is 1. The number of ether oxygens (including phenoxy) is 1. The van der Waals surface area contributed by atoms with Gasteiger partial charge in [-0.15, -0.1) is 0 Å². The Balaban J connectivity index is 1.70. The fourth-order valence-corrected chi connectivity index (χ4v) is 3.20. The number of benzene rings is 2. The zero-order chi connectivity index (χ0) is 21.3. The Bertz CT molecular complexity index is 883. The standard InChI is InChI=1S/C22H26ClFN4O2/c1-2-16-3-5-17(6-4-16)21(29)27-22(25-9-10-28-11-13-30-14-12-28)26-18-7-8-20(24)19(23)15-18/h3-8,15H,2,9-14H2,1H3,(H2,25,26,27,29). The summed E-state index contributed by atoms with van der Waals surface area (Å²) in [6, 6.07) is 11.7. The summed E-state index contributed by atoms with van der Waals surface area (Å²) < 4.78 is 18.8. The molecule has 160 valence electrons. The molecule has 1 aliphatic rings. The van der Waals surface area contributed by atoms with Gasteiger partial charge in [0, 0.05) is 30.9 Å². The smallest absolute Gasteiger partial charge is 0.257 e. The molecule has 0 radical (unpaired) electrons. The minimum Gasteiger partial charge on any atom is -0.379 e. The molecule has 2 aromatic rings. The molecular formula is C22H26ClFN4O2. The number of halogens is 2. The number of carbonyl (C=O) groups excluding carboxylic acids is 1. The van der Waals surface area contributed by atoms with Gasteiger partial charge in [0.1, 0.15) is 5.82 Å². The summed E-state index contributed by atoms with van der Waals surface area (Å²) in [5.41, 5.74) is 2.23. The Hall–Kier alpha value is -2.48. The van der Waals surface area contributed by atoms with E-state index in [4.69, 9.17) is 16.3 Å². The number of hydrogen-bond acceptors (Lipinski definition) is 4. The number of aliphatic imine (C=N–C) groups is 1. The van der Waals surface area contributed by atoms with Gasteiger partial charge in [0.2, 0.25) is 5.96 Å². The number of anilines is 1. The SMILES string of the molecule is CCc1ccc(C(=O)NC(=NCCN2CCOCC2)Nc2ccc(F)c(Cl)c2)cc1. The van der Waals surface area contributed by atoms with E-state index in [-0.39, 0.29) is 16.9 Å². The molecule has 0 aromatic heterocycles. The topological polar surface area (TPSA) is 66.0 Å². The first kappa shape index (κ1) is 22.2. The highest BCUT2D eigenvalue weighted by Gasteiger charge is 2.12. The van der Waals surface area contributed by atoms with Gasteiger partial charge in [0.15, 0.2) is 0 Å². The quantitative estimate of drug-likeness (QED) is 0.541. The molecule has 2 N–H and O–H groups in total. The van der Waals surface area contributed by atoms with Gasteiger partial charge < -0.3 is 10.1 Å². The first-order valence-corrected chi connectivity index (χ1v) is 10.4. The second-order valence-electron chi connectivity index (χ2n) is 6.94. The van der Waals surface area contributed by atoms with Gasteiger partial charge in [-0.1, -0.05) is 30.7 Å². The number of amides is 1. The van der Waals surface area contributed by atoms with E-state index in [2.05, 4.69) is 27.4 Å². The molecule has 3 rings (SSSR count). The van der Waals surface area contributed by atoms with Crippen molar-refractivity contribution in [2.24, 2.45) is 4.99 Å². The lowest BCUT2D eigenvalue weighted by molar-refractivity contribution is 0.0394. The van der Waals surface area contributed by atoms with Gasteiger partial charge in [-0.2, -0.15) is 0 Å². The van der Waals surface area contributed by atoms with Crippen LogP contribution in [-0.2, 0) is 11.2 Å². The fraction of sp³-hybridized carbons (Fsp3) is 0.364. The maximum atomic E-state index is 13.5. The summed E-state index contributed by atoms with van der Waals surface area (Å²) in [6.45, 7) is 6.46. The number of aryl methyl sites for hydroxylation is 1. The lowest BCUT2D eigenvalue weighted by Gasteiger charge is -2.25. The van der Waals surface area contributed by atoms with Crippen LogP contribution in [0.3, 0.4) is 0 Å². The van der Waals surface area contributed by atoms with E-state index in [0.717, 1.165) is 31.6 Å². The van der Waals surface area contributed by atoms with Crippen molar-refractivity contribution in [3.05, 3.63) is 64.4 Å². The molecule has 6 nitrogen and oxygen atoms in total. The van der Waals surface area contributed by atoms with E-state index < -0.39 is 5.82 Å². The molecule has 2 aromatic carbocycles. The third kappa shape index (κ3) is 6.52. The van der Waals surface area contributed by atoms with Crippen LogP contribution in [0, 0.1) is 5.82 Å². The summed E-state index contributed by atoms with van der Waals surface area (Å²) in [5, 5.41) is 5.84. The number of nitrogens with one attached hydrogen (secondary N) is 2. The van der Waals surface area contributed by atoms with E-state index in [1.165, 1.54) is 12.1 Å². The molecule has 0 saturated carbocycles. The molecule has 0 atom stereocenters. The third-order valence-electron chi connectivity index (χ3n) is 4.83. The summed E-state index contributed by atoms with van der Waals surface area (Å²) in [7, 11) is 0. The van der Waals surface area contributed by atoms with Crippen LogP contribution in [0.25, 0.3) is 0 Å². The van der Waals surface area contributed by atoms with Crippen molar-refractivity contribution in [3.63, 3.8) is 0 Å². The van der Waals surface area contributed by atoms with Crippen LogP contribution < -0.4 is 10.6 Å². The Morgan fingerprint density at radius 1 is 1.20 bits per heavy atom. The molecule has 1 saturated heterocycles. The highest BCUT2D eigenvalue weighted by atomic mass is 35.5. The molecule has 0 spiro atoms. The number of guanidine groups is 1. The molecular weight excluding hydrogens is 407 g/mol. The van der Waals surface area contributed by atoms with Crippen molar-refractivity contribution in [1.82, 2.24) is 10.2 Å². The van der Waals surface area contributed by atoms with Gasteiger partial charge in [-0.25, -0.2) is 4.39 Å². The number of rotatable bonds is 6. The van der Waals surface area contributed by atoms with Gasteiger partial charge in [-0.3, -0.25) is 20.0 Å². The summed E-state index contributed by atoms with van der Waals surface area (Å²) in [4.78, 5) is 19.5. The van der Waals surface area contributed by atoms with Crippen LogP contribution in [0.1, 0.15) is 22.8 Å². The molecule has 1 heterocycles. The Morgan fingerprint density at radius 2 is 1.93 bits per heavy atom. The van der Waals surface area contributed by atoms with Crippen molar-refractivity contribution < 1.29 is 13.9 Å². The summed E-state index contributed by atoms with van der Waals surface area (Å²) in [6.07, 6.45) is 0.906. The van der Waals surface area contributed by atoms with Crippen LogP contribution in [0.15, 0.2) is 47.5 Å². The minimum absolute atomic E-state index is 0.00542. The number of nitrogens with zero attached hydrogens (tertiary/aromatic N) is 2. The molecule has 0 aliphatic carbocycles. The number of morpholine rings is 1. The Labute approximate surface area is 181 Å². The largest absolute Gasteiger partial charge is 0.379 e. The van der Waals surface area contributed by atoms with E-state index in [1.54, 1.807) is 18.2 Å². The van der Waals surface area contributed by atoms with E-state index in [0.29, 0.717) is 31.0 Å². The van der Waals surface area contributed by atoms with Crippen LogP contribution in [-0.4, -0.2) is 56.2 Å². The third-order valence-corrected chi connectivity index (χ3v) is 5.12. The minimum atomic E-state index is -0.506. The highest BCUT2D eigenvalue weighted by molar-refractivity contribution is 6.31. The zero-order valence-corrected chi connectivity index (χ0v) is 17.7. The first-order chi connectivity index (χ1) is 14.5. The van der Waals surface area contributed by atoms with Crippen LogP contribution in [0.5, 0.6) is 0 Å². The average molecular weight is 433 g/mol. The summed E-state index contributed by atoms with van der Waals surface area (Å²) in [5.74, 6) is -0.493. The van der Waals surface area contributed by atoms with E-state index in [1.807, 2.05) is 12.1 Å². The normalized spacial score (nSPS) is 15.1. The lowest BCUT2D eigenvalue weighted by Crippen LogP contribution is -2.39. The van der Waals surface area contributed by atoms with Crippen molar-refractivity contribution in [3.8, 4) is 0 Å². The number of hydrogen-bond donors (Lipinski definition) is 2. The van der Waals surface area contributed by atoms with Crippen LogP contribution >= 0.6 is 11.6 Å². The van der Waals surface area contributed by atoms with Gasteiger partial charge in [-0.05, 0) is 42.3 Å². The average Bonchev–Trinajstić information content (AvgIpc) is 2.77. The molecule has 0 bridgehead atoms. The Morgan fingerprint density at radius 3 is 2.60 bits per heavy atom. The van der Waals surface area contributed by atoms with E-state index >= 15 is 0 Å². The van der Waals surface area contributed by atoms with Crippen molar-refractivity contribution in [2.45, 2.75) is 13.3 Å². The van der Waals surface area contributed by atoms with Gasteiger partial charge in [0.25, 0.3) is 5.91 Å². The molecule has 1 fully saturated rings. The second-order valence-corrected chi connectivity index (χ2v) is 7.35. The predicted molar refractivity (Wildman–Crippen MR) is 118 cm³/mol. The molecule has 0 unspecified atom stereocenters. The van der Waals surface area contributed by atoms with Gasteiger partial charge in [0.05, 0.1) is 24.8 Å². The molecule has 30 heavy (non-hydrogen) atoms. The molecule has 8 heteroatoms. The summed E-state index contributed by atoms with van der Waals surface area (Å²) >= 11 is 5.87. The lowest BCUT2D eigenvalue weighted by atomic mass is 10.1. The maximum Gasteiger partial charge on any atom is 0.257 e. The zero-order valence-electron chi connectivity index (χ0n) is 17.0. The predicted octanol–water partition coefficient (Wildman–Crippen LogP) is 3.57. The van der Waals surface area contributed by atoms with Crippen LogP contribution in [0.4, 0.5) is 10.1 Å². The molecule has 1 amide bonds. The Kier molecular flexibility index (Phi) is 8.19. The monoisotopic (exact) mass is 432 g/mol. The highest BCUT2D eigenvalue weighted by Crippen LogP contribution is 2.19. The fourth-order valence-electron chi connectivity index (χ4n) is 3.02. The van der Waals surface area contributed by atoms with Crippen molar-refractivity contribution in [2.75, 3.05) is 44.7 Å². The second kappa shape index (κ2) is 11.1. The van der Waals surface area contributed by atoms with E-state index in [9.17, 15) is 9.18 Å². The molecule has 1 aliphatic heterocycles. The van der Waals surface area contributed by atoms with Crippen LogP contribution in [0.2, 0.25) is 5.02 Å². The maximum absolute atomic E-state index is 13.5.